The summed E-state index contributed by atoms with van der Waals surface area (Å²) in [6.07, 6.45) is 5.17. The second-order valence-corrected chi connectivity index (χ2v) is 6.67. The minimum absolute atomic E-state index is 0.0146. The third kappa shape index (κ3) is 4.98. The largest absolute Gasteiger partial charge is 0.376 e. The van der Waals surface area contributed by atoms with Crippen LogP contribution >= 0.6 is 0 Å². The predicted molar refractivity (Wildman–Crippen MR) is 98.2 cm³/mol. The van der Waals surface area contributed by atoms with Crippen LogP contribution in [-0.4, -0.2) is 24.4 Å². The highest BCUT2D eigenvalue weighted by molar-refractivity contribution is 5.92. The van der Waals surface area contributed by atoms with Crippen LogP contribution < -0.4 is 16.0 Å². The molecule has 132 valence electrons. The van der Waals surface area contributed by atoms with Gasteiger partial charge in [-0.1, -0.05) is 32.8 Å². The summed E-state index contributed by atoms with van der Waals surface area (Å²) in [6, 6.07) is 5.97. The van der Waals surface area contributed by atoms with Gasteiger partial charge in [-0.3, -0.25) is 9.59 Å². The third-order valence-electron chi connectivity index (χ3n) is 4.83. The first-order chi connectivity index (χ1) is 11.5. The van der Waals surface area contributed by atoms with Crippen LogP contribution in [0.15, 0.2) is 18.2 Å². The van der Waals surface area contributed by atoms with Crippen molar-refractivity contribution in [1.82, 2.24) is 5.32 Å². The van der Waals surface area contributed by atoms with Crippen LogP contribution in [0.2, 0.25) is 0 Å². The van der Waals surface area contributed by atoms with Gasteiger partial charge >= 0.3 is 0 Å². The van der Waals surface area contributed by atoms with Crippen LogP contribution in [-0.2, 0) is 9.59 Å². The summed E-state index contributed by atoms with van der Waals surface area (Å²) in [4.78, 5) is 23.8. The molecule has 5 heteroatoms. The van der Waals surface area contributed by atoms with Gasteiger partial charge in [0.1, 0.15) is 0 Å². The summed E-state index contributed by atoms with van der Waals surface area (Å²) >= 11 is 0. The van der Waals surface area contributed by atoms with Crippen LogP contribution in [0.25, 0.3) is 0 Å². The summed E-state index contributed by atoms with van der Waals surface area (Å²) in [5, 5.41) is 9.21. The molecule has 1 fully saturated rings. The quantitative estimate of drug-likeness (QED) is 0.748. The Hall–Kier alpha value is -2.04. The molecule has 0 heterocycles. The molecule has 0 aromatic heterocycles. The minimum atomic E-state index is -0.0146. The molecule has 0 bridgehead atoms. The van der Waals surface area contributed by atoms with Gasteiger partial charge < -0.3 is 16.0 Å². The Balaban J connectivity index is 1.90. The van der Waals surface area contributed by atoms with Gasteiger partial charge in [-0.05, 0) is 43.4 Å². The number of hydrogen-bond donors (Lipinski definition) is 3. The lowest BCUT2D eigenvalue weighted by molar-refractivity contribution is -0.120. The van der Waals surface area contributed by atoms with Crippen molar-refractivity contribution in [1.29, 1.82) is 0 Å². The van der Waals surface area contributed by atoms with E-state index in [1.165, 1.54) is 19.3 Å². The summed E-state index contributed by atoms with van der Waals surface area (Å²) in [7, 11) is 0. The van der Waals surface area contributed by atoms with E-state index in [4.69, 9.17) is 0 Å². The Labute approximate surface area is 144 Å². The van der Waals surface area contributed by atoms with E-state index in [0.717, 1.165) is 23.4 Å². The lowest BCUT2D eigenvalue weighted by Crippen LogP contribution is -2.43. The molecule has 0 spiro atoms. The number of benzene rings is 1. The van der Waals surface area contributed by atoms with Gasteiger partial charge in [-0.25, -0.2) is 0 Å². The molecule has 1 aromatic carbocycles. The van der Waals surface area contributed by atoms with Gasteiger partial charge in [0.05, 0.1) is 6.54 Å². The molecule has 0 saturated heterocycles. The summed E-state index contributed by atoms with van der Waals surface area (Å²) in [5.41, 5.74) is 2.60. The SMILES string of the molecule is CCC(=O)Nc1cccc(NCC(=O)N[C@@H]2CCCC[C@H]2C)c1C. The first kappa shape index (κ1) is 18.3. The fraction of sp³-hybridized carbons (Fsp3) is 0.579. The molecule has 24 heavy (non-hydrogen) atoms. The van der Waals surface area contributed by atoms with E-state index in [1.807, 2.05) is 32.0 Å². The first-order valence-corrected chi connectivity index (χ1v) is 8.94. The maximum atomic E-state index is 12.2. The molecule has 1 aromatic rings. The number of amides is 2. The predicted octanol–water partition coefficient (Wildman–Crippen LogP) is 3.45. The summed E-state index contributed by atoms with van der Waals surface area (Å²) in [5.74, 6) is 0.562. The fourth-order valence-corrected chi connectivity index (χ4v) is 3.17. The molecule has 1 aliphatic carbocycles. The van der Waals surface area contributed by atoms with Crippen molar-refractivity contribution < 1.29 is 9.59 Å². The molecule has 0 aliphatic heterocycles. The fourth-order valence-electron chi connectivity index (χ4n) is 3.17. The van der Waals surface area contributed by atoms with Crippen molar-refractivity contribution in [2.75, 3.05) is 17.2 Å². The molecule has 2 rings (SSSR count). The molecule has 0 unspecified atom stereocenters. The zero-order chi connectivity index (χ0) is 17.5. The van der Waals surface area contributed by atoms with Crippen molar-refractivity contribution in [3.8, 4) is 0 Å². The summed E-state index contributed by atoms with van der Waals surface area (Å²) < 4.78 is 0. The average molecular weight is 331 g/mol. The van der Waals surface area contributed by atoms with E-state index in [0.29, 0.717) is 18.4 Å². The highest BCUT2D eigenvalue weighted by atomic mass is 16.2. The molecule has 0 radical (unpaired) electrons. The molecule has 5 nitrogen and oxygen atoms in total. The molecule has 1 saturated carbocycles. The van der Waals surface area contributed by atoms with Crippen molar-refractivity contribution >= 4 is 23.2 Å². The monoisotopic (exact) mass is 331 g/mol. The minimum Gasteiger partial charge on any atom is -0.376 e. The van der Waals surface area contributed by atoms with Crippen LogP contribution in [0.1, 0.15) is 51.5 Å². The van der Waals surface area contributed by atoms with Crippen molar-refractivity contribution in [3.63, 3.8) is 0 Å². The van der Waals surface area contributed by atoms with Gasteiger partial charge in [0, 0.05) is 23.8 Å². The first-order valence-electron chi connectivity index (χ1n) is 8.94. The van der Waals surface area contributed by atoms with E-state index in [-0.39, 0.29) is 18.4 Å². The average Bonchev–Trinajstić information content (AvgIpc) is 2.57. The Bertz CT molecular complexity index is 586. The van der Waals surface area contributed by atoms with E-state index >= 15 is 0 Å². The molecular formula is C19H29N3O2. The lowest BCUT2D eigenvalue weighted by Gasteiger charge is -2.29. The second kappa shape index (κ2) is 8.71. The molecule has 2 atom stereocenters. The van der Waals surface area contributed by atoms with Crippen LogP contribution in [0.3, 0.4) is 0 Å². The van der Waals surface area contributed by atoms with Crippen LogP contribution in [0.5, 0.6) is 0 Å². The highest BCUT2D eigenvalue weighted by Crippen LogP contribution is 2.24. The number of carbonyl (C=O) groups is 2. The number of nitrogens with one attached hydrogen (secondary N) is 3. The Kier molecular flexibility index (Phi) is 6.64. The van der Waals surface area contributed by atoms with E-state index in [1.54, 1.807) is 0 Å². The van der Waals surface area contributed by atoms with Gasteiger partial charge in [-0.2, -0.15) is 0 Å². The lowest BCUT2D eigenvalue weighted by atomic mass is 9.86. The maximum absolute atomic E-state index is 12.2. The van der Waals surface area contributed by atoms with Crippen LogP contribution in [0, 0.1) is 12.8 Å². The normalized spacial score (nSPS) is 20.3. The Morgan fingerprint density at radius 3 is 2.54 bits per heavy atom. The topological polar surface area (TPSA) is 70.2 Å². The van der Waals surface area contributed by atoms with Gasteiger partial charge in [-0.15, -0.1) is 0 Å². The Morgan fingerprint density at radius 1 is 1.12 bits per heavy atom. The highest BCUT2D eigenvalue weighted by Gasteiger charge is 2.22. The van der Waals surface area contributed by atoms with Crippen molar-refractivity contribution in [2.45, 2.75) is 58.9 Å². The molecular weight excluding hydrogens is 302 g/mol. The summed E-state index contributed by atoms with van der Waals surface area (Å²) in [6.45, 7) is 6.22. The van der Waals surface area contributed by atoms with Gasteiger partial charge in [0.25, 0.3) is 0 Å². The molecule has 1 aliphatic rings. The number of anilines is 2. The third-order valence-corrected chi connectivity index (χ3v) is 4.83. The van der Waals surface area contributed by atoms with Crippen molar-refractivity contribution in [3.05, 3.63) is 23.8 Å². The smallest absolute Gasteiger partial charge is 0.239 e. The van der Waals surface area contributed by atoms with E-state index < -0.39 is 0 Å². The number of rotatable bonds is 6. The van der Waals surface area contributed by atoms with E-state index in [2.05, 4.69) is 22.9 Å². The van der Waals surface area contributed by atoms with Crippen LogP contribution in [0.4, 0.5) is 11.4 Å². The standard InChI is InChI=1S/C19H29N3O2/c1-4-18(23)22-17-11-7-10-16(14(17)3)20-12-19(24)21-15-9-6-5-8-13(15)2/h7,10-11,13,15,20H,4-6,8-9,12H2,1-3H3,(H,21,24)(H,22,23)/t13-,15-/m1/s1. The van der Waals surface area contributed by atoms with E-state index in [9.17, 15) is 9.59 Å². The Morgan fingerprint density at radius 2 is 1.83 bits per heavy atom. The second-order valence-electron chi connectivity index (χ2n) is 6.67. The van der Waals surface area contributed by atoms with Crippen molar-refractivity contribution in [2.24, 2.45) is 5.92 Å². The molecule has 3 N–H and O–H groups in total. The zero-order valence-corrected chi connectivity index (χ0v) is 14.9. The number of hydrogen-bond acceptors (Lipinski definition) is 3. The molecule has 2 amide bonds. The van der Waals surface area contributed by atoms with Gasteiger partial charge in [0.2, 0.25) is 11.8 Å². The zero-order valence-electron chi connectivity index (χ0n) is 14.9. The number of carbonyl (C=O) groups excluding carboxylic acids is 2. The maximum Gasteiger partial charge on any atom is 0.239 e. The van der Waals surface area contributed by atoms with Gasteiger partial charge in [0.15, 0.2) is 0 Å².